The molecule has 0 fully saturated rings. The summed E-state index contributed by atoms with van der Waals surface area (Å²) in [5, 5.41) is 0. The zero-order chi connectivity index (χ0) is 18.7. The second-order valence-electron chi connectivity index (χ2n) is 6.16. The van der Waals surface area contributed by atoms with Gasteiger partial charge in [-0.1, -0.05) is 69.5 Å². The molecule has 0 aliphatic carbocycles. The van der Waals surface area contributed by atoms with E-state index in [0.717, 1.165) is 19.3 Å². The molecule has 0 bridgehead atoms. The van der Waals surface area contributed by atoms with Gasteiger partial charge in [0.25, 0.3) is 0 Å². The Hall–Kier alpha value is -0.783. The van der Waals surface area contributed by atoms with E-state index in [9.17, 15) is 0 Å². The maximum Gasteiger partial charge on any atom is 1.00 e. The molecule has 0 unspecified atom stereocenters. The smallest absolute Gasteiger partial charge is 0.328 e. The molecule has 2 N–H and O–H groups in total. The molecular formula is C21H30LiO3P. The van der Waals surface area contributed by atoms with Gasteiger partial charge in [-0.3, -0.25) is 0 Å². The fraction of sp³-hybridized carbons (Fsp3) is 0.381. The van der Waals surface area contributed by atoms with E-state index < -0.39 is 8.60 Å². The van der Waals surface area contributed by atoms with E-state index >= 15 is 0 Å². The summed E-state index contributed by atoms with van der Waals surface area (Å²) in [6.45, 7) is 9.04. The number of hydrogen-bond donors (Lipinski definition) is 2. The van der Waals surface area contributed by atoms with Gasteiger partial charge in [0.1, 0.15) is 0 Å². The van der Waals surface area contributed by atoms with E-state index in [1.165, 1.54) is 27.8 Å². The van der Waals surface area contributed by atoms with Gasteiger partial charge in [0.05, 0.1) is 6.61 Å². The summed E-state index contributed by atoms with van der Waals surface area (Å²) in [4.78, 5) is 16.5. The predicted molar refractivity (Wildman–Crippen MR) is 106 cm³/mol. The minimum Gasteiger partial charge on any atom is -0.328 e. The number of aryl methyl sites for hydroxylation is 3. The van der Waals surface area contributed by atoms with Crippen LogP contribution in [0.1, 0.15) is 54.0 Å². The van der Waals surface area contributed by atoms with Crippen molar-refractivity contribution in [3.63, 3.8) is 0 Å². The van der Waals surface area contributed by atoms with Crippen LogP contribution >= 0.6 is 8.60 Å². The number of hydrogen-bond acceptors (Lipinski definition) is 3. The maximum absolute atomic E-state index is 8.25. The molecule has 0 amide bonds. The number of benzene rings is 2. The summed E-state index contributed by atoms with van der Waals surface area (Å²) in [5.74, 6) is 0. The van der Waals surface area contributed by atoms with Crippen LogP contribution < -0.4 is 18.9 Å². The van der Waals surface area contributed by atoms with Crippen molar-refractivity contribution in [2.24, 2.45) is 0 Å². The molecule has 0 aliphatic rings. The third-order valence-corrected chi connectivity index (χ3v) is 4.22. The first-order chi connectivity index (χ1) is 11.9. The van der Waals surface area contributed by atoms with E-state index in [0.29, 0.717) is 6.61 Å². The Kier molecular flexibility index (Phi) is 13.9. The molecule has 2 aromatic carbocycles. The molecule has 5 heteroatoms. The summed E-state index contributed by atoms with van der Waals surface area (Å²) in [6, 6.07) is 14.9. The van der Waals surface area contributed by atoms with E-state index in [2.05, 4.69) is 75.0 Å². The Labute approximate surface area is 172 Å². The summed E-state index contributed by atoms with van der Waals surface area (Å²) < 4.78 is 4.52. The first-order valence-corrected chi connectivity index (χ1v) is 9.89. The fourth-order valence-electron chi connectivity index (χ4n) is 2.63. The topological polar surface area (TPSA) is 49.7 Å². The third kappa shape index (κ3) is 10.4. The van der Waals surface area contributed by atoms with Crippen molar-refractivity contribution in [1.82, 2.24) is 0 Å². The molecule has 0 heterocycles. The minimum absolute atomic E-state index is 0. The van der Waals surface area contributed by atoms with Crippen molar-refractivity contribution in [1.29, 1.82) is 0 Å². The van der Waals surface area contributed by atoms with Crippen LogP contribution in [0.15, 0.2) is 42.5 Å². The average molecular weight is 368 g/mol. The van der Waals surface area contributed by atoms with Gasteiger partial charge in [-0.2, -0.15) is 0 Å². The Balaban J connectivity index is 0.000000543. The zero-order valence-corrected chi connectivity index (χ0v) is 17.6. The average Bonchev–Trinajstić information content (AvgIpc) is 2.56. The number of rotatable bonds is 7. The second kappa shape index (κ2) is 14.3. The first-order valence-electron chi connectivity index (χ1n) is 8.72. The van der Waals surface area contributed by atoms with Gasteiger partial charge in [0.15, 0.2) is 0 Å². The minimum atomic E-state index is -2.12. The molecule has 138 valence electrons. The van der Waals surface area contributed by atoms with Gasteiger partial charge in [0, 0.05) is 0 Å². The van der Waals surface area contributed by atoms with Crippen molar-refractivity contribution in [3.8, 4) is 0 Å². The maximum atomic E-state index is 8.25. The fourth-order valence-corrected chi connectivity index (χ4v) is 2.93. The van der Waals surface area contributed by atoms with Gasteiger partial charge < -0.3 is 14.3 Å². The third-order valence-electron chi connectivity index (χ3n) is 3.80. The summed E-state index contributed by atoms with van der Waals surface area (Å²) in [7, 11) is -2.12. The van der Waals surface area contributed by atoms with Crippen LogP contribution in [0.3, 0.4) is 0 Å². The first kappa shape index (κ1) is 25.2. The van der Waals surface area contributed by atoms with Gasteiger partial charge in [-0.05, 0) is 13.3 Å². The molecule has 3 nitrogen and oxygen atoms in total. The molecule has 0 radical (unpaired) electrons. The molecule has 0 aromatic heterocycles. The van der Waals surface area contributed by atoms with Crippen LogP contribution in [0.2, 0.25) is 0 Å². The summed E-state index contributed by atoms with van der Waals surface area (Å²) in [5.41, 5.74) is 6.64. The van der Waals surface area contributed by atoms with Crippen molar-refractivity contribution >= 4 is 8.60 Å². The zero-order valence-electron chi connectivity index (χ0n) is 16.7. The molecule has 26 heavy (non-hydrogen) atoms. The summed E-state index contributed by atoms with van der Waals surface area (Å²) >= 11 is 0. The molecule has 0 atom stereocenters. The molecule has 0 saturated heterocycles. The van der Waals surface area contributed by atoms with Crippen LogP contribution in [0.25, 0.3) is 0 Å². The van der Waals surface area contributed by atoms with Crippen molar-refractivity contribution in [2.45, 2.75) is 47.0 Å². The molecular weight excluding hydrogens is 338 g/mol. The monoisotopic (exact) mass is 368 g/mol. The Morgan fingerprint density at radius 3 is 2.04 bits per heavy atom. The Bertz CT molecular complexity index is 595. The Morgan fingerprint density at radius 1 is 0.962 bits per heavy atom. The molecule has 0 aliphatic heterocycles. The Morgan fingerprint density at radius 2 is 1.54 bits per heavy atom. The van der Waals surface area contributed by atoms with Gasteiger partial charge in [0.2, 0.25) is 0 Å². The summed E-state index contributed by atoms with van der Waals surface area (Å²) in [6.07, 6.45) is 5.38. The van der Waals surface area contributed by atoms with Crippen LogP contribution in [-0.2, 0) is 4.52 Å². The van der Waals surface area contributed by atoms with Gasteiger partial charge >= 0.3 is 27.5 Å². The van der Waals surface area contributed by atoms with Crippen LogP contribution in [-0.4, -0.2) is 16.4 Å². The molecule has 0 saturated carbocycles. The van der Waals surface area contributed by atoms with Crippen LogP contribution in [0.5, 0.6) is 0 Å². The van der Waals surface area contributed by atoms with Crippen LogP contribution in [0, 0.1) is 27.2 Å². The number of unbranched alkanes of at least 4 members (excludes halogenated alkanes) is 2. The molecule has 2 aromatic rings. The van der Waals surface area contributed by atoms with Crippen molar-refractivity contribution < 1.29 is 33.2 Å². The predicted octanol–water partition coefficient (Wildman–Crippen LogP) is 2.62. The standard InChI is InChI=1S/C16H17.C5H13O3P.Li/c1-12-9-13(2)16(14(3)10-12)11-15-7-5-4-6-8-15;1-2-3-4-5-8-9(6)7;/h4-11H,1-3H3;6-7H,2-5H2,1H3;/q-1;;+1. The van der Waals surface area contributed by atoms with Crippen molar-refractivity contribution in [2.75, 3.05) is 6.61 Å². The van der Waals surface area contributed by atoms with Gasteiger partial charge in [-0.25, -0.2) is 0 Å². The second-order valence-corrected chi connectivity index (χ2v) is 6.92. The van der Waals surface area contributed by atoms with Crippen molar-refractivity contribution in [3.05, 3.63) is 76.7 Å². The van der Waals surface area contributed by atoms with E-state index in [1.807, 2.05) is 6.07 Å². The molecule has 2 rings (SSSR count). The normalized spacial score (nSPS) is 9.96. The molecule has 0 spiro atoms. The van der Waals surface area contributed by atoms with E-state index in [-0.39, 0.29) is 18.9 Å². The quantitative estimate of drug-likeness (QED) is 0.342. The SMILES string of the molecule is CCCCCOP(O)O.Cc1cc(C)c([CH-]c2ccccc2)c(C)c1.[Li+]. The largest absolute Gasteiger partial charge is 1.00 e. The van der Waals surface area contributed by atoms with E-state index in [4.69, 9.17) is 9.79 Å². The van der Waals surface area contributed by atoms with Crippen LogP contribution in [0.4, 0.5) is 0 Å². The van der Waals surface area contributed by atoms with E-state index in [1.54, 1.807) is 0 Å². The van der Waals surface area contributed by atoms with Gasteiger partial charge in [-0.15, -0.1) is 40.8 Å².